The molecule has 114 valence electrons. The zero-order valence-electron chi connectivity index (χ0n) is 13.1. The highest BCUT2D eigenvalue weighted by atomic mass is 16.2. The van der Waals surface area contributed by atoms with Crippen molar-refractivity contribution < 1.29 is 4.79 Å². The van der Waals surface area contributed by atoms with Gasteiger partial charge in [0.1, 0.15) is 0 Å². The summed E-state index contributed by atoms with van der Waals surface area (Å²) in [7, 11) is 0. The van der Waals surface area contributed by atoms with Crippen molar-refractivity contribution >= 4 is 5.91 Å². The molecule has 1 heterocycles. The average molecular weight is 286 g/mol. The van der Waals surface area contributed by atoms with Gasteiger partial charge in [-0.05, 0) is 37.7 Å². The van der Waals surface area contributed by atoms with Crippen LogP contribution in [0.3, 0.4) is 0 Å². The van der Waals surface area contributed by atoms with Gasteiger partial charge >= 0.3 is 0 Å². The highest BCUT2D eigenvalue weighted by molar-refractivity contribution is 5.81. The Kier molecular flexibility index (Phi) is 4.29. The lowest BCUT2D eigenvalue weighted by Crippen LogP contribution is -2.50. The Bertz CT molecular complexity index is 483. The Morgan fingerprint density at radius 2 is 1.95 bits per heavy atom. The van der Waals surface area contributed by atoms with Crippen LogP contribution < -0.4 is 5.32 Å². The molecule has 1 saturated heterocycles. The molecule has 0 aromatic heterocycles. The standard InChI is InChI=1S/C18H26N2O/c1-13-12-20(18(21)16-8-9-16)11-10-17(13)19-14(2)15-6-4-3-5-7-15/h3-7,13-14,16-17,19H,8-12H2,1-2H3/t13-,14-,17-/m0/s1. The first kappa shape index (κ1) is 14.6. The van der Waals surface area contributed by atoms with Gasteiger partial charge in [-0.3, -0.25) is 4.79 Å². The minimum Gasteiger partial charge on any atom is -0.342 e. The summed E-state index contributed by atoms with van der Waals surface area (Å²) in [4.78, 5) is 14.3. The molecule has 1 saturated carbocycles. The van der Waals surface area contributed by atoms with Crippen molar-refractivity contribution in [2.75, 3.05) is 13.1 Å². The second-order valence-electron chi connectivity index (χ2n) is 6.73. The summed E-state index contributed by atoms with van der Waals surface area (Å²) in [5.74, 6) is 1.27. The van der Waals surface area contributed by atoms with E-state index >= 15 is 0 Å². The predicted octanol–water partition coefficient (Wildman–Crippen LogP) is 2.98. The van der Waals surface area contributed by atoms with E-state index in [1.54, 1.807) is 0 Å². The monoisotopic (exact) mass is 286 g/mol. The first-order chi connectivity index (χ1) is 10.1. The van der Waals surface area contributed by atoms with Crippen LogP contribution in [0.1, 0.15) is 44.7 Å². The van der Waals surface area contributed by atoms with Crippen LogP contribution in [0.2, 0.25) is 0 Å². The summed E-state index contributed by atoms with van der Waals surface area (Å²) in [6.07, 6.45) is 3.28. The number of likely N-dealkylation sites (tertiary alicyclic amines) is 1. The lowest BCUT2D eigenvalue weighted by molar-refractivity contribution is -0.134. The molecule has 1 aliphatic heterocycles. The summed E-state index contributed by atoms with van der Waals surface area (Å²) >= 11 is 0. The zero-order chi connectivity index (χ0) is 14.8. The van der Waals surface area contributed by atoms with E-state index < -0.39 is 0 Å². The molecule has 1 aliphatic carbocycles. The summed E-state index contributed by atoms with van der Waals surface area (Å²) < 4.78 is 0. The maximum Gasteiger partial charge on any atom is 0.225 e. The fourth-order valence-corrected chi connectivity index (χ4v) is 3.34. The molecule has 1 amide bonds. The maximum atomic E-state index is 12.2. The topological polar surface area (TPSA) is 32.3 Å². The largest absolute Gasteiger partial charge is 0.342 e. The van der Waals surface area contributed by atoms with Gasteiger partial charge in [0.2, 0.25) is 5.91 Å². The number of hydrogen-bond donors (Lipinski definition) is 1. The van der Waals surface area contributed by atoms with E-state index in [0.717, 1.165) is 32.4 Å². The summed E-state index contributed by atoms with van der Waals surface area (Å²) in [5.41, 5.74) is 1.33. The highest BCUT2D eigenvalue weighted by Gasteiger charge is 2.36. The Balaban J connectivity index is 1.54. The number of rotatable bonds is 4. The summed E-state index contributed by atoms with van der Waals surface area (Å²) in [6, 6.07) is 11.5. The molecule has 1 N–H and O–H groups in total. The first-order valence-corrected chi connectivity index (χ1v) is 8.25. The fraction of sp³-hybridized carbons (Fsp3) is 0.611. The van der Waals surface area contributed by atoms with Gasteiger partial charge in [0.25, 0.3) is 0 Å². The van der Waals surface area contributed by atoms with E-state index in [1.165, 1.54) is 5.56 Å². The van der Waals surface area contributed by atoms with E-state index in [1.807, 2.05) is 0 Å². The smallest absolute Gasteiger partial charge is 0.225 e. The normalized spacial score (nSPS) is 27.4. The summed E-state index contributed by atoms with van der Waals surface area (Å²) in [5, 5.41) is 3.75. The van der Waals surface area contributed by atoms with Crippen molar-refractivity contribution in [2.24, 2.45) is 11.8 Å². The molecule has 2 fully saturated rings. The van der Waals surface area contributed by atoms with Crippen molar-refractivity contribution in [3.8, 4) is 0 Å². The molecule has 3 rings (SSSR count). The van der Waals surface area contributed by atoms with E-state index in [-0.39, 0.29) is 0 Å². The third kappa shape index (κ3) is 3.46. The van der Waals surface area contributed by atoms with Crippen LogP contribution in [0.25, 0.3) is 0 Å². The van der Waals surface area contributed by atoms with Crippen LogP contribution in [-0.4, -0.2) is 29.9 Å². The molecule has 0 bridgehead atoms. The van der Waals surface area contributed by atoms with Crippen LogP contribution in [-0.2, 0) is 4.79 Å². The number of carbonyl (C=O) groups is 1. The third-order valence-electron chi connectivity index (χ3n) is 4.91. The van der Waals surface area contributed by atoms with E-state index in [2.05, 4.69) is 54.4 Å². The number of carbonyl (C=O) groups excluding carboxylic acids is 1. The SMILES string of the molecule is C[C@H](N[C@H]1CCN(C(=O)C2CC2)C[C@@H]1C)c1ccccc1. The second-order valence-corrected chi connectivity index (χ2v) is 6.73. The molecule has 3 nitrogen and oxygen atoms in total. The van der Waals surface area contributed by atoms with Crippen LogP contribution in [0.4, 0.5) is 0 Å². The van der Waals surface area contributed by atoms with Gasteiger partial charge in [0.15, 0.2) is 0 Å². The average Bonchev–Trinajstić information content (AvgIpc) is 3.34. The molecular formula is C18H26N2O. The van der Waals surface area contributed by atoms with Crippen molar-refractivity contribution in [3.05, 3.63) is 35.9 Å². The van der Waals surface area contributed by atoms with Gasteiger partial charge in [-0.25, -0.2) is 0 Å². The van der Waals surface area contributed by atoms with E-state index in [0.29, 0.717) is 29.8 Å². The lowest BCUT2D eigenvalue weighted by Gasteiger charge is -2.39. The van der Waals surface area contributed by atoms with Crippen molar-refractivity contribution in [3.63, 3.8) is 0 Å². The van der Waals surface area contributed by atoms with E-state index in [9.17, 15) is 4.79 Å². The van der Waals surface area contributed by atoms with Gasteiger partial charge in [-0.15, -0.1) is 0 Å². The molecule has 0 unspecified atom stereocenters. The van der Waals surface area contributed by atoms with Crippen LogP contribution >= 0.6 is 0 Å². The van der Waals surface area contributed by atoms with Crippen molar-refractivity contribution in [1.82, 2.24) is 10.2 Å². The molecule has 0 radical (unpaired) electrons. The van der Waals surface area contributed by atoms with Gasteiger partial charge in [0.05, 0.1) is 0 Å². The molecule has 1 aromatic rings. The molecule has 2 aliphatic rings. The van der Waals surface area contributed by atoms with E-state index in [4.69, 9.17) is 0 Å². The van der Waals surface area contributed by atoms with Gasteiger partial charge < -0.3 is 10.2 Å². The minimum atomic E-state index is 0.352. The Morgan fingerprint density at radius 1 is 1.24 bits per heavy atom. The number of amides is 1. The molecule has 3 heteroatoms. The first-order valence-electron chi connectivity index (χ1n) is 8.25. The Morgan fingerprint density at radius 3 is 2.57 bits per heavy atom. The quantitative estimate of drug-likeness (QED) is 0.923. The number of piperidine rings is 1. The van der Waals surface area contributed by atoms with Gasteiger partial charge in [-0.1, -0.05) is 37.3 Å². The molecule has 0 spiro atoms. The molecule has 1 aromatic carbocycles. The van der Waals surface area contributed by atoms with Crippen LogP contribution in [0.5, 0.6) is 0 Å². The van der Waals surface area contributed by atoms with Crippen LogP contribution in [0.15, 0.2) is 30.3 Å². The minimum absolute atomic E-state index is 0.352. The van der Waals surface area contributed by atoms with Crippen molar-refractivity contribution in [1.29, 1.82) is 0 Å². The number of benzene rings is 1. The third-order valence-corrected chi connectivity index (χ3v) is 4.91. The Hall–Kier alpha value is -1.35. The number of nitrogens with one attached hydrogen (secondary N) is 1. The lowest BCUT2D eigenvalue weighted by atomic mass is 9.92. The molecular weight excluding hydrogens is 260 g/mol. The van der Waals surface area contributed by atoms with Crippen molar-refractivity contribution in [2.45, 2.75) is 45.2 Å². The number of nitrogens with zero attached hydrogens (tertiary/aromatic N) is 1. The molecule has 3 atom stereocenters. The number of hydrogen-bond acceptors (Lipinski definition) is 2. The van der Waals surface area contributed by atoms with Gasteiger partial charge in [0, 0.05) is 31.1 Å². The summed E-state index contributed by atoms with van der Waals surface area (Å²) in [6.45, 7) is 6.32. The maximum absolute atomic E-state index is 12.2. The predicted molar refractivity (Wildman–Crippen MR) is 84.9 cm³/mol. The van der Waals surface area contributed by atoms with Gasteiger partial charge in [-0.2, -0.15) is 0 Å². The Labute approximate surface area is 127 Å². The highest BCUT2D eigenvalue weighted by Crippen LogP contribution is 2.32. The zero-order valence-corrected chi connectivity index (χ0v) is 13.1. The fourth-order valence-electron chi connectivity index (χ4n) is 3.34. The van der Waals surface area contributed by atoms with Crippen LogP contribution in [0, 0.1) is 11.8 Å². The molecule has 21 heavy (non-hydrogen) atoms. The second kappa shape index (κ2) is 6.18.